The van der Waals surface area contributed by atoms with Crippen LogP contribution in [0.15, 0.2) is 42.5 Å². The van der Waals surface area contributed by atoms with Crippen molar-refractivity contribution in [2.75, 3.05) is 6.61 Å². The number of aryl methyl sites for hydroxylation is 1. The monoisotopic (exact) mass is 267 g/mol. The summed E-state index contributed by atoms with van der Waals surface area (Å²) in [6, 6.07) is 15.6. The second-order valence-corrected chi connectivity index (χ2v) is 5.56. The molecule has 0 saturated heterocycles. The van der Waals surface area contributed by atoms with Crippen LogP contribution in [0.1, 0.15) is 35.2 Å². The molecular weight excluding hydrogens is 246 g/mol. The first-order valence-electron chi connectivity index (χ1n) is 7.27. The molecule has 2 aromatic carbocycles. The van der Waals surface area contributed by atoms with Crippen molar-refractivity contribution in [1.82, 2.24) is 5.32 Å². The number of hydrogen-bond acceptors (Lipinski definition) is 2. The molecule has 1 aliphatic heterocycles. The van der Waals surface area contributed by atoms with E-state index >= 15 is 0 Å². The van der Waals surface area contributed by atoms with Gasteiger partial charge in [0.2, 0.25) is 0 Å². The van der Waals surface area contributed by atoms with Gasteiger partial charge in [-0.3, -0.25) is 0 Å². The first-order valence-corrected chi connectivity index (χ1v) is 7.27. The molecule has 0 aromatic heterocycles. The number of nitrogens with one attached hydrogen (secondary N) is 1. The molecule has 0 radical (unpaired) electrons. The summed E-state index contributed by atoms with van der Waals surface area (Å²) in [6.45, 7) is 6.07. The molecule has 0 bridgehead atoms. The predicted octanol–water partition coefficient (Wildman–Crippen LogP) is 3.78. The van der Waals surface area contributed by atoms with E-state index in [1.165, 1.54) is 22.3 Å². The molecule has 0 spiro atoms. The Morgan fingerprint density at radius 2 is 2.10 bits per heavy atom. The van der Waals surface area contributed by atoms with Gasteiger partial charge >= 0.3 is 0 Å². The van der Waals surface area contributed by atoms with Crippen molar-refractivity contribution in [2.45, 2.75) is 32.9 Å². The quantitative estimate of drug-likeness (QED) is 0.910. The highest BCUT2D eigenvalue weighted by atomic mass is 16.5. The standard InChI is InChI=1S/C18H21NO/c1-13-4-3-5-16(10-13)14(2)19-12-15-6-7-18-17(11-15)8-9-20-18/h3-7,10-11,14,19H,8-9,12H2,1-2H3/t14-/m1/s1. The molecule has 20 heavy (non-hydrogen) atoms. The average Bonchev–Trinajstić information content (AvgIpc) is 2.92. The lowest BCUT2D eigenvalue weighted by molar-refractivity contribution is 0.357. The lowest BCUT2D eigenvalue weighted by Gasteiger charge is -2.15. The third-order valence-corrected chi connectivity index (χ3v) is 3.91. The highest BCUT2D eigenvalue weighted by Crippen LogP contribution is 2.26. The summed E-state index contributed by atoms with van der Waals surface area (Å²) >= 11 is 0. The Morgan fingerprint density at radius 3 is 2.95 bits per heavy atom. The van der Waals surface area contributed by atoms with Crippen molar-refractivity contribution in [3.05, 3.63) is 64.7 Å². The van der Waals surface area contributed by atoms with Gasteiger partial charge in [-0.15, -0.1) is 0 Å². The second-order valence-electron chi connectivity index (χ2n) is 5.56. The zero-order chi connectivity index (χ0) is 13.9. The van der Waals surface area contributed by atoms with E-state index in [0.29, 0.717) is 6.04 Å². The van der Waals surface area contributed by atoms with Crippen LogP contribution in [0.3, 0.4) is 0 Å². The SMILES string of the molecule is Cc1cccc([C@@H](C)NCc2ccc3c(c2)CCO3)c1. The van der Waals surface area contributed by atoms with Crippen LogP contribution in [-0.2, 0) is 13.0 Å². The van der Waals surface area contributed by atoms with Gasteiger partial charge in [0.1, 0.15) is 5.75 Å². The summed E-state index contributed by atoms with van der Waals surface area (Å²) in [7, 11) is 0. The van der Waals surface area contributed by atoms with Gasteiger partial charge in [0.25, 0.3) is 0 Å². The molecular formula is C18H21NO. The van der Waals surface area contributed by atoms with Crippen LogP contribution in [0.25, 0.3) is 0 Å². The maximum absolute atomic E-state index is 5.54. The second kappa shape index (κ2) is 5.68. The Balaban J connectivity index is 1.64. The van der Waals surface area contributed by atoms with E-state index in [0.717, 1.165) is 25.3 Å². The van der Waals surface area contributed by atoms with E-state index in [1.807, 2.05) is 0 Å². The first kappa shape index (κ1) is 13.2. The molecule has 2 heteroatoms. The maximum atomic E-state index is 5.54. The Hall–Kier alpha value is -1.80. The van der Waals surface area contributed by atoms with Crippen LogP contribution in [-0.4, -0.2) is 6.61 Å². The first-order chi connectivity index (χ1) is 9.72. The third-order valence-electron chi connectivity index (χ3n) is 3.91. The minimum absolute atomic E-state index is 0.361. The average molecular weight is 267 g/mol. The molecule has 2 aromatic rings. The normalized spacial score (nSPS) is 14.7. The van der Waals surface area contributed by atoms with Crippen LogP contribution in [0.5, 0.6) is 5.75 Å². The summed E-state index contributed by atoms with van der Waals surface area (Å²) in [5.74, 6) is 1.06. The number of rotatable bonds is 4. The van der Waals surface area contributed by atoms with E-state index in [-0.39, 0.29) is 0 Å². The van der Waals surface area contributed by atoms with E-state index in [4.69, 9.17) is 4.74 Å². The van der Waals surface area contributed by atoms with Crippen molar-refractivity contribution in [3.63, 3.8) is 0 Å². The van der Waals surface area contributed by atoms with E-state index in [2.05, 4.69) is 61.6 Å². The zero-order valence-electron chi connectivity index (χ0n) is 12.1. The van der Waals surface area contributed by atoms with Gasteiger partial charge in [0, 0.05) is 19.0 Å². The predicted molar refractivity (Wildman–Crippen MR) is 82.1 cm³/mol. The molecule has 1 aliphatic rings. The Morgan fingerprint density at radius 1 is 1.20 bits per heavy atom. The molecule has 1 atom stereocenters. The van der Waals surface area contributed by atoms with Gasteiger partial charge in [0.05, 0.1) is 6.61 Å². The Kier molecular flexibility index (Phi) is 3.75. The lowest BCUT2D eigenvalue weighted by atomic mass is 10.0. The lowest BCUT2D eigenvalue weighted by Crippen LogP contribution is -2.18. The molecule has 0 amide bonds. The summed E-state index contributed by atoms with van der Waals surface area (Å²) in [5, 5.41) is 3.59. The van der Waals surface area contributed by atoms with E-state index in [1.54, 1.807) is 0 Å². The molecule has 0 saturated carbocycles. The van der Waals surface area contributed by atoms with Crippen LogP contribution in [0.4, 0.5) is 0 Å². The molecule has 1 N–H and O–H groups in total. The highest BCUT2D eigenvalue weighted by molar-refractivity contribution is 5.39. The maximum Gasteiger partial charge on any atom is 0.122 e. The summed E-state index contributed by atoms with van der Waals surface area (Å²) in [6.07, 6.45) is 1.04. The molecule has 0 aliphatic carbocycles. The molecule has 2 nitrogen and oxygen atoms in total. The van der Waals surface area contributed by atoms with Gasteiger partial charge in [0.15, 0.2) is 0 Å². The third kappa shape index (κ3) is 2.86. The Bertz CT molecular complexity index is 606. The zero-order valence-corrected chi connectivity index (χ0v) is 12.1. The van der Waals surface area contributed by atoms with Crippen molar-refractivity contribution in [3.8, 4) is 5.75 Å². The fraction of sp³-hybridized carbons (Fsp3) is 0.333. The van der Waals surface area contributed by atoms with Gasteiger partial charge in [-0.1, -0.05) is 42.0 Å². The van der Waals surface area contributed by atoms with Gasteiger partial charge in [-0.25, -0.2) is 0 Å². The van der Waals surface area contributed by atoms with Crippen LogP contribution >= 0.6 is 0 Å². The van der Waals surface area contributed by atoms with Crippen molar-refractivity contribution < 1.29 is 4.74 Å². The number of ether oxygens (including phenoxy) is 1. The topological polar surface area (TPSA) is 21.3 Å². The summed E-state index contributed by atoms with van der Waals surface area (Å²) < 4.78 is 5.54. The van der Waals surface area contributed by atoms with Gasteiger partial charge in [-0.2, -0.15) is 0 Å². The molecule has 104 valence electrons. The fourth-order valence-corrected chi connectivity index (χ4v) is 2.68. The molecule has 0 unspecified atom stereocenters. The molecule has 1 heterocycles. The fourth-order valence-electron chi connectivity index (χ4n) is 2.68. The van der Waals surface area contributed by atoms with Crippen molar-refractivity contribution >= 4 is 0 Å². The largest absolute Gasteiger partial charge is 0.493 e. The number of fused-ring (bicyclic) bond motifs is 1. The smallest absolute Gasteiger partial charge is 0.122 e. The minimum atomic E-state index is 0.361. The van der Waals surface area contributed by atoms with Crippen molar-refractivity contribution in [2.24, 2.45) is 0 Å². The van der Waals surface area contributed by atoms with Crippen LogP contribution in [0, 0.1) is 6.92 Å². The van der Waals surface area contributed by atoms with Crippen LogP contribution in [0.2, 0.25) is 0 Å². The summed E-state index contributed by atoms with van der Waals surface area (Å²) in [4.78, 5) is 0. The molecule has 0 fully saturated rings. The van der Waals surface area contributed by atoms with Gasteiger partial charge < -0.3 is 10.1 Å². The number of benzene rings is 2. The molecule has 3 rings (SSSR count). The number of hydrogen-bond donors (Lipinski definition) is 1. The van der Waals surface area contributed by atoms with E-state index < -0.39 is 0 Å². The van der Waals surface area contributed by atoms with Gasteiger partial charge in [-0.05, 0) is 36.6 Å². The highest BCUT2D eigenvalue weighted by Gasteiger charge is 2.12. The van der Waals surface area contributed by atoms with Crippen LogP contribution < -0.4 is 10.1 Å². The van der Waals surface area contributed by atoms with E-state index in [9.17, 15) is 0 Å². The minimum Gasteiger partial charge on any atom is -0.493 e. The Labute approximate surface area is 120 Å². The van der Waals surface area contributed by atoms with Crippen molar-refractivity contribution in [1.29, 1.82) is 0 Å². The summed E-state index contributed by atoms with van der Waals surface area (Å²) in [5.41, 5.74) is 5.32.